The van der Waals surface area contributed by atoms with Gasteiger partial charge in [0, 0.05) is 4.88 Å². The van der Waals surface area contributed by atoms with Crippen molar-refractivity contribution in [1.29, 1.82) is 0 Å². The van der Waals surface area contributed by atoms with E-state index >= 15 is 0 Å². The van der Waals surface area contributed by atoms with E-state index in [1.165, 1.54) is 15.1 Å². The van der Waals surface area contributed by atoms with Crippen LogP contribution in [0.25, 0.3) is 10.2 Å². The van der Waals surface area contributed by atoms with Crippen molar-refractivity contribution < 1.29 is 9.53 Å². The number of nitrogens with zero attached hydrogens (tertiary/aromatic N) is 3. The molecule has 0 spiro atoms. The normalized spacial score (nSPS) is 16.1. The van der Waals surface area contributed by atoms with Gasteiger partial charge in [0.1, 0.15) is 0 Å². The molecule has 0 saturated heterocycles. The number of thiophene rings is 1. The highest BCUT2D eigenvalue weighted by Gasteiger charge is 2.23. The zero-order chi connectivity index (χ0) is 19.7. The minimum Gasteiger partial charge on any atom is -0.462 e. The summed E-state index contributed by atoms with van der Waals surface area (Å²) in [6.07, 6.45) is 3.85. The predicted molar refractivity (Wildman–Crippen MR) is 109 cm³/mol. The lowest BCUT2D eigenvalue weighted by atomic mass is 9.89. The molecule has 6 nitrogen and oxygen atoms in total. The van der Waals surface area contributed by atoms with Crippen molar-refractivity contribution in [2.75, 3.05) is 6.61 Å². The molecule has 7 heteroatoms. The van der Waals surface area contributed by atoms with E-state index in [1.54, 1.807) is 23.5 Å². The minimum absolute atomic E-state index is 0.0801. The summed E-state index contributed by atoms with van der Waals surface area (Å²) in [5.74, 6) is 0.323. The first-order chi connectivity index (χ1) is 13.6. The molecule has 1 atom stereocenters. The van der Waals surface area contributed by atoms with Gasteiger partial charge in [0.05, 0.1) is 24.1 Å². The van der Waals surface area contributed by atoms with Gasteiger partial charge >= 0.3 is 5.97 Å². The Balaban J connectivity index is 1.59. The second-order valence-electron chi connectivity index (χ2n) is 7.42. The summed E-state index contributed by atoms with van der Waals surface area (Å²) in [4.78, 5) is 27.0. The van der Waals surface area contributed by atoms with E-state index in [1.807, 2.05) is 19.1 Å². The molecule has 0 aliphatic heterocycles. The third-order valence-corrected chi connectivity index (χ3v) is 6.28. The smallest absolute Gasteiger partial charge is 0.338 e. The number of aryl methyl sites for hydroxylation is 1. The van der Waals surface area contributed by atoms with Crippen LogP contribution < -0.4 is 5.56 Å². The van der Waals surface area contributed by atoms with Crippen LogP contribution in [0, 0.1) is 5.92 Å². The number of ether oxygens (including phenoxy) is 1. The third-order valence-electron chi connectivity index (χ3n) is 5.14. The zero-order valence-corrected chi connectivity index (χ0v) is 16.9. The van der Waals surface area contributed by atoms with E-state index in [-0.39, 0.29) is 11.5 Å². The van der Waals surface area contributed by atoms with Gasteiger partial charge in [-0.3, -0.25) is 4.79 Å². The van der Waals surface area contributed by atoms with E-state index in [0.29, 0.717) is 24.6 Å². The molecule has 0 unspecified atom stereocenters. The summed E-state index contributed by atoms with van der Waals surface area (Å²) >= 11 is 1.61. The number of hydrogen-bond acceptors (Lipinski definition) is 6. The third kappa shape index (κ3) is 3.58. The highest BCUT2D eigenvalue weighted by atomic mass is 32.1. The molecule has 0 N–H and O–H groups in total. The summed E-state index contributed by atoms with van der Waals surface area (Å²) in [7, 11) is 0. The van der Waals surface area contributed by atoms with Crippen LogP contribution in [0.3, 0.4) is 0 Å². The fourth-order valence-corrected chi connectivity index (χ4v) is 4.91. The Morgan fingerprint density at radius 1 is 1.32 bits per heavy atom. The molecule has 3 aromatic rings. The first-order valence-electron chi connectivity index (χ1n) is 9.71. The van der Waals surface area contributed by atoms with E-state index in [4.69, 9.17) is 4.74 Å². The van der Waals surface area contributed by atoms with Gasteiger partial charge in [0.15, 0.2) is 4.83 Å². The van der Waals surface area contributed by atoms with Gasteiger partial charge in [-0.05, 0) is 54.9 Å². The van der Waals surface area contributed by atoms with Crippen LogP contribution in [0.1, 0.15) is 53.1 Å². The van der Waals surface area contributed by atoms with Crippen molar-refractivity contribution in [2.45, 2.75) is 46.1 Å². The molecule has 4 rings (SSSR count). The molecule has 1 aromatic carbocycles. The van der Waals surface area contributed by atoms with E-state index < -0.39 is 0 Å². The number of fused-ring (bicyclic) bond motifs is 3. The number of carbonyl (C=O) groups excluding carboxylic acids is 1. The molecular weight excluding hydrogens is 374 g/mol. The van der Waals surface area contributed by atoms with Crippen LogP contribution in [0.2, 0.25) is 0 Å². The van der Waals surface area contributed by atoms with E-state index in [9.17, 15) is 9.59 Å². The van der Waals surface area contributed by atoms with Crippen molar-refractivity contribution in [1.82, 2.24) is 15.0 Å². The average Bonchev–Trinajstić information content (AvgIpc) is 3.07. The Labute approximate surface area is 167 Å². The second kappa shape index (κ2) is 7.83. The van der Waals surface area contributed by atoms with Gasteiger partial charge in [0.25, 0.3) is 5.56 Å². The Kier molecular flexibility index (Phi) is 5.26. The monoisotopic (exact) mass is 397 g/mol. The van der Waals surface area contributed by atoms with Gasteiger partial charge in [0.2, 0.25) is 0 Å². The van der Waals surface area contributed by atoms with Crippen molar-refractivity contribution >= 4 is 27.5 Å². The molecule has 0 saturated carbocycles. The van der Waals surface area contributed by atoms with E-state index in [2.05, 4.69) is 17.2 Å². The number of esters is 1. The van der Waals surface area contributed by atoms with Gasteiger partial charge in [-0.25, -0.2) is 9.48 Å². The predicted octanol–water partition coefficient (Wildman–Crippen LogP) is 3.59. The van der Waals surface area contributed by atoms with Crippen molar-refractivity contribution in [3.8, 4) is 0 Å². The fourth-order valence-electron chi connectivity index (χ4n) is 3.59. The maximum absolute atomic E-state index is 13.0. The molecule has 1 aliphatic carbocycles. The summed E-state index contributed by atoms with van der Waals surface area (Å²) < 4.78 is 6.55. The lowest BCUT2D eigenvalue weighted by Crippen LogP contribution is -2.25. The summed E-state index contributed by atoms with van der Waals surface area (Å²) in [5, 5.41) is 9.18. The molecule has 2 aromatic heterocycles. The fraction of sp³-hybridized carbons (Fsp3) is 0.429. The second-order valence-corrected chi connectivity index (χ2v) is 8.50. The van der Waals surface area contributed by atoms with Gasteiger partial charge < -0.3 is 4.74 Å². The van der Waals surface area contributed by atoms with Crippen molar-refractivity contribution in [3.05, 3.63) is 56.2 Å². The summed E-state index contributed by atoms with van der Waals surface area (Å²) in [6.45, 7) is 4.94. The van der Waals surface area contributed by atoms with Gasteiger partial charge in [-0.15, -0.1) is 16.4 Å². The van der Waals surface area contributed by atoms with Crippen molar-refractivity contribution in [2.24, 2.45) is 5.92 Å². The first-order valence-corrected chi connectivity index (χ1v) is 10.5. The Hall–Kier alpha value is -2.54. The number of carbonyl (C=O) groups is 1. The molecule has 0 fully saturated rings. The van der Waals surface area contributed by atoms with Crippen LogP contribution in [-0.2, 0) is 24.1 Å². The van der Waals surface area contributed by atoms with Crippen molar-refractivity contribution in [3.63, 3.8) is 0 Å². The van der Waals surface area contributed by atoms with Crippen LogP contribution in [-0.4, -0.2) is 27.6 Å². The minimum atomic E-state index is -0.328. The SMILES string of the molecule is CCCOC(=O)c1ccc(Cn2nnc3sc4c(c3c2=O)CC[C@@H](C)C4)cc1. The Morgan fingerprint density at radius 3 is 2.86 bits per heavy atom. The molecule has 0 amide bonds. The Bertz CT molecular complexity index is 1070. The zero-order valence-electron chi connectivity index (χ0n) is 16.1. The molecule has 146 valence electrons. The Morgan fingerprint density at radius 2 is 2.11 bits per heavy atom. The average molecular weight is 398 g/mol. The molecule has 0 bridgehead atoms. The molecule has 2 heterocycles. The quantitative estimate of drug-likeness (QED) is 0.615. The summed E-state index contributed by atoms with van der Waals surface area (Å²) in [6, 6.07) is 7.09. The van der Waals surface area contributed by atoms with Crippen LogP contribution >= 0.6 is 11.3 Å². The molecular formula is C21H23N3O3S. The highest BCUT2D eigenvalue weighted by Crippen LogP contribution is 2.35. The number of benzene rings is 1. The van der Waals surface area contributed by atoms with Crippen LogP contribution in [0.15, 0.2) is 29.1 Å². The highest BCUT2D eigenvalue weighted by molar-refractivity contribution is 7.18. The summed E-state index contributed by atoms with van der Waals surface area (Å²) in [5.41, 5.74) is 2.48. The number of rotatable bonds is 5. The maximum atomic E-state index is 13.0. The number of aromatic nitrogens is 3. The maximum Gasteiger partial charge on any atom is 0.338 e. The lowest BCUT2D eigenvalue weighted by Gasteiger charge is -2.17. The molecule has 28 heavy (non-hydrogen) atoms. The van der Waals surface area contributed by atoms with Crippen LogP contribution in [0.5, 0.6) is 0 Å². The van der Waals surface area contributed by atoms with Crippen LogP contribution in [0.4, 0.5) is 0 Å². The van der Waals surface area contributed by atoms with Gasteiger partial charge in [-0.2, -0.15) is 0 Å². The molecule has 0 radical (unpaired) electrons. The number of hydrogen-bond donors (Lipinski definition) is 0. The largest absolute Gasteiger partial charge is 0.462 e. The van der Waals surface area contributed by atoms with Gasteiger partial charge in [-0.1, -0.05) is 31.2 Å². The lowest BCUT2D eigenvalue weighted by molar-refractivity contribution is 0.0505. The molecule has 1 aliphatic rings. The first kappa shape index (κ1) is 18.8. The van der Waals surface area contributed by atoms with E-state index in [0.717, 1.165) is 41.5 Å². The standard InChI is InChI=1S/C21H23N3O3S/c1-3-10-27-21(26)15-7-5-14(6-8-15)12-24-20(25)18-16-9-4-13(2)11-17(16)28-19(18)22-23-24/h5-8,13H,3-4,9-12H2,1-2H3/t13-/m1/s1. The topological polar surface area (TPSA) is 74.1 Å².